The maximum Gasteiger partial charge on any atom is 0.207 e. The average molecular weight is 136 g/mol. The Labute approximate surface area is 60.0 Å². The molecule has 0 N–H and O–H groups in total. The van der Waals surface area contributed by atoms with Crippen LogP contribution in [0.15, 0.2) is 4.99 Å². The van der Waals surface area contributed by atoms with Crippen molar-refractivity contribution in [2.75, 3.05) is 14.1 Å². The van der Waals surface area contributed by atoms with Gasteiger partial charge in [0.05, 0.1) is 12.5 Å². The first-order chi connectivity index (χ1) is 4.72. The quantitative estimate of drug-likeness (QED) is 0.296. The van der Waals surface area contributed by atoms with Gasteiger partial charge in [-0.05, 0) is 0 Å². The average Bonchev–Trinajstić information content (AvgIpc) is 1.87. The van der Waals surface area contributed by atoms with Crippen LogP contribution in [0.3, 0.4) is 0 Å². The lowest BCUT2D eigenvalue weighted by molar-refractivity contribution is 0.613. The molecule has 0 radical (unpaired) electrons. The topological polar surface area (TPSA) is 63.2 Å². The number of rotatable bonds is 1. The third kappa shape index (κ3) is 2.68. The van der Waals surface area contributed by atoms with Crippen LogP contribution in [-0.4, -0.2) is 24.8 Å². The molecule has 4 heteroatoms. The van der Waals surface area contributed by atoms with Gasteiger partial charge < -0.3 is 4.90 Å². The van der Waals surface area contributed by atoms with Gasteiger partial charge in [0, 0.05) is 14.1 Å². The van der Waals surface area contributed by atoms with E-state index in [4.69, 9.17) is 10.5 Å². The summed E-state index contributed by atoms with van der Waals surface area (Å²) in [4.78, 5) is 5.08. The van der Waals surface area contributed by atoms with Gasteiger partial charge in [-0.1, -0.05) is 0 Å². The zero-order valence-corrected chi connectivity index (χ0v) is 6.00. The van der Waals surface area contributed by atoms with Crippen LogP contribution >= 0.6 is 0 Å². The number of hydrogen-bond acceptors (Lipinski definition) is 3. The highest BCUT2D eigenvalue weighted by Gasteiger charge is 1.98. The van der Waals surface area contributed by atoms with E-state index < -0.39 is 0 Å². The molecule has 0 aromatic rings. The highest BCUT2D eigenvalue weighted by Crippen LogP contribution is 1.88. The van der Waals surface area contributed by atoms with Gasteiger partial charge in [-0.2, -0.15) is 15.5 Å². The van der Waals surface area contributed by atoms with Gasteiger partial charge in [-0.15, -0.1) is 0 Å². The van der Waals surface area contributed by atoms with Crippen LogP contribution in [-0.2, 0) is 0 Å². The first kappa shape index (κ1) is 8.45. The summed E-state index contributed by atoms with van der Waals surface area (Å²) in [6.07, 6.45) is 1.81. The largest absolute Gasteiger partial charge is 0.365 e. The monoisotopic (exact) mass is 136 g/mol. The van der Waals surface area contributed by atoms with Crippen molar-refractivity contribution in [3.63, 3.8) is 0 Å². The lowest BCUT2D eigenvalue weighted by Gasteiger charge is -2.09. The van der Waals surface area contributed by atoms with Crippen LogP contribution in [0.2, 0.25) is 0 Å². The second-order valence-electron chi connectivity index (χ2n) is 1.86. The van der Waals surface area contributed by atoms with E-state index in [1.54, 1.807) is 25.2 Å². The first-order valence-corrected chi connectivity index (χ1v) is 2.72. The van der Waals surface area contributed by atoms with Crippen LogP contribution in [0.4, 0.5) is 0 Å². The standard InChI is InChI=1S/C6H8N4/c1-10(2)6(3-4-7)9-5-8/h3H2,1-2H3. The summed E-state index contributed by atoms with van der Waals surface area (Å²) in [5, 5.41) is 16.4. The van der Waals surface area contributed by atoms with Gasteiger partial charge >= 0.3 is 0 Å². The molecule has 0 aliphatic rings. The molecule has 0 amide bonds. The Morgan fingerprint density at radius 3 is 2.40 bits per heavy atom. The summed E-state index contributed by atoms with van der Waals surface area (Å²) in [6, 6.07) is 1.91. The van der Waals surface area contributed by atoms with Crippen LogP contribution in [0.25, 0.3) is 0 Å². The third-order valence-electron chi connectivity index (χ3n) is 0.932. The Kier molecular flexibility index (Phi) is 3.67. The summed E-state index contributed by atoms with van der Waals surface area (Å²) in [5.41, 5.74) is 0. The molecule has 0 aromatic heterocycles. The van der Waals surface area contributed by atoms with E-state index in [1.807, 2.05) is 6.07 Å². The molecular weight excluding hydrogens is 128 g/mol. The van der Waals surface area contributed by atoms with Gasteiger partial charge in [0.2, 0.25) is 6.19 Å². The zero-order valence-electron chi connectivity index (χ0n) is 6.00. The molecule has 0 saturated carbocycles. The minimum atomic E-state index is 0.181. The van der Waals surface area contributed by atoms with E-state index >= 15 is 0 Å². The van der Waals surface area contributed by atoms with Crippen molar-refractivity contribution in [1.29, 1.82) is 10.5 Å². The van der Waals surface area contributed by atoms with Crippen molar-refractivity contribution in [3.8, 4) is 12.3 Å². The van der Waals surface area contributed by atoms with Gasteiger partial charge in [0.25, 0.3) is 0 Å². The minimum absolute atomic E-state index is 0.181. The second kappa shape index (κ2) is 4.34. The molecule has 0 fully saturated rings. The van der Waals surface area contributed by atoms with Crippen LogP contribution in [0, 0.1) is 22.8 Å². The van der Waals surface area contributed by atoms with E-state index in [2.05, 4.69) is 4.99 Å². The lowest BCUT2D eigenvalue weighted by atomic mass is 10.4. The summed E-state index contributed by atoms with van der Waals surface area (Å²) in [5.74, 6) is 0.491. The molecule has 0 spiro atoms. The van der Waals surface area contributed by atoms with Crippen molar-refractivity contribution < 1.29 is 0 Å². The van der Waals surface area contributed by atoms with Crippen molar-refractivity contribution in [2.24, 2.45) is 4.99 Å². The van der Waals surface area contributed by atoms with Crippen molar-refractivity contribution >= 4 is 5.84 Å². The fourth-order valence-electron chi connectivity index (χ4n) is 0.426. The van der Waals surface area contributed by atoms with E-state index in [0.29, 0.717) is 5.84 Å². The molecular formula is C6H8N4. The maximum atomic E-state index is 8.25. The molecule has 0 saturated heterocycles. The lowest BCUT2D eigenvalue weighted by Crippen LogP contribution is -2.20. The fourth-order valence-corrected chi connectivity index (χ4v) is 0.426. The van der Waals surface area contributed by atoms with Crippen LogP contribution in [0.1, 0.15) is 6.42 Å². The Morgan fingerprint density at radius 2 is 2.10 bits per heavy atom. The normalized spacial score (nSPS) is 9.80. The summed E-state index contributed by atoms with van der Waals surface area (Å²) >= 11 is 0. The van der Waals surface area contributed by atoms with Crippen LogP contribution < -0.4 is 0 Å². The first-order valence-electron chi connectivity index (χ1n) is 2.72. The number of hydrogen-bond donors (Lipinski definition) is 0. The number of nitrogens with zero attached hydrogens (tertiary/aromatic N) is 4. The van der Waals surface area contributed by atoms with Gasteiger partial charge in [-0.3, -0.25) is 0 Å². The molecule has 0 aromatic carbocycles. The molecule has 4 nitrogen and oxygen atoms in total. The summed E-state index contributed by atoms with van der Waals surface area (Å²) in [7, 11) is 3.49. The highest BCUT2D eigenvalue weighted by atomic mass is 15.1. The Hall–Kier alpha value is -1.55. The highest BCUT2D eigenvalue weighted by molar-refractivity contribution is 5.84. The predicted molar refractivity (Wildman–Crippen MR) is 37.0 cm³/mol. The maximum absolute atomic E-state index is 8.25. The smallest absolute Gasteiger partial charge is 0.207 e. The molecule has 52 valence electrons. The summed E-state index contributed by atoms with van der Waals surface area (Å²) < 4.78 is 0. The second-order valence-corrected chi connectivity index (χ2v) is 1.86. The Bertz CT molecular complexity index is 203. The van der Waals surface area contributed by atoms with Crippen molar-refractivity contribution in [2.45, 2.75) is 6.42 Å². The molecule has 0 bridgehead atoms. The summed E-state index contributed by atoms with van der Waals surface area (Å²) in [6.45, 7) is 0. The molecule has 0 heterocycles. The zero-order chi connectivity index (χ0) is 7.98. The Morgan fingerprint density at radius 1 is 1.50 bits per heavy atom. The molecule has 0 rings (SSSR count). The SMILES string of the molecule is CN(C)C(CC#N)=NC#N. The molecule has 0 aliphatic carbocycles. The van der Waals surface area contributed by atoms with Gasteiger partial charge in [0.1, 0.15) is 5.84 Å². The number of nitriles is 2. The molecule has 10 heavy (non-hydrogen) atoms. The van der Waals surface area contributed by atoms with Gasteiger partial charge in [-0.25, -0.2) is 0 Å². The fraction of sp³-hybridized carbons (Fsp3) is 0.500. The molecule has 0 aliphatic heterocycles. The van der Waals surface area contributed by atoms with Crippen molar-refractivity contribution in [3.05, 3.63) is 0 Å². The number of aliphatic imine (C=N–C) groups is 1. The minimum Gasteiger partial charge on any atom is -0.365 e. The Balaban J connectivity index is 4.18. The van der Waals surface area contributed by atoms with Crippen LogP contribution in [0.5, 0.6) is 0 Å². The molecule has 0 atom stereocenters. The third-order valence-corrected chi connectivity index (χ3v) is 0.932. The van der Waals surface area contributed by atoms with Crippen molar-refractivity contribution in [1.82, 2.24) is 4.90 Å². The van der Waals surface area contributed by atoms with E-state index in [1.165, 1.54) is 0 Å². The van der Waals surface area contributed by atoms with E-state index in [0.717, 1.165) is 0 Å². The molecule has 0 unspecified atom stereocenters. The van der Waals surface area contributed by atoms with E-state index in [-0.39, 0.29) is 6.42 Å². The number of amidine groups is 1. The van der Waals surface area contributed by atoms with E-state index in [9.17, 15) is 0 Å². The van der Waals surface area contributed by atoms with Gasteiger partial charge in [0.15, 0.2) is 0 Å². The predicted octanol–water partition coefficient (Wildman–Crippen LogP) is 0.341.